The molecule has 0 bridgehead atoms. The number of para-hydroxylation sites is 1. The second-order valence-electron chi connectivity index (χ2n) is 5.85. The van der Waals surface area contributed by atoms with Crippen LogP contribution in [-0.4, -0.2) is 30.4 Å². The van der Waals surface area contributed by atoms with Crippen molar-refractivity contribution in [1.82, 2.24) is 5.32 Å². The molecular weight excluding hydrogens is 286 g/mol. The quantitative estimate of drug-likeness (QED) is 0.840. The third-order valence-corrected chi connectivity index (χ3v) is 4.33. The maximum atomic E-state index is 10.0. The lowest BCUT2D eigenvalue weighted by Crippen LogP contribution is -2.38. The zero-order valence-electron chi connectivity index (χ0n) is 12.6. The molecule has 0 aromatic heterocycles. The van der Waals surface area contributed by atoms with Crippen LogP contribution in [0, 0.1) is 0 Å². The van der Waals surface area contributed by atoms with Crippen LogP contribution in [0.15, 0.2) is 24.3 Å². The largest absolute Gasteiger partial charge is 0.489 e. The van der Waals surface area contributed by atoms with Crippen molar-refractivity contribution in [2.45, 2.75) is 57.1 Å². The summed E-state index contributed by atoms with van der Waals surface area (Å²) in [6.07, 6.45) is 8.59. The van der Waals surface area contributed by atoms with Gasteiger partial charge in [0.15, 0.2) is 0 Å². The van der Waals surface area contributed by atoms with Gasteiger partial charge in [-0.2, -0.15) is 0 Å². The van der Waals surface area contributed by atoms with E-state index in [1.54, 1.807) is 6.07 Å². The average Bonchev–Trinajstić information content (AvgIpc) is 2.45. The first-order valence-electron chi connectivity index (χ1n) is 8.04. The van der Waals surface area contributed by atoms with Crippen LogP contribution in [0.3, 0.4) is 0 Å². The highest BCUT2D eigenvalue weighted by molar-refractivity contribution is 6.32. The van der Waals surface area contributed by atoms with E-state index in [4.69, 9.17) is 16.3 Å². The summed E-state index contributed by atoms with van der Waals surface area (Å²) in [6, 6.07) is 7.88. The molecule has 1 aliphatic rings. The standard InChI is InChI=1S/C17H26ClNO2/c18-16-10-6-7-11-17(16)21-13-15(20)12-19-14-8-4-2-1-3-5-9-14/h6-7,10-11,14-15,19-20H,1-5,8-9,12-13H2. The van der Waals surface area contributed by atoms with E-state index in [9.17, 15) is 5.11 Å². The molecule has 1 aliphatic carbocycles. The molecular formula is C17H26ClNO2. The molecule has 1 atom stereocenters. The molecule has 118 valence electrons. The van der Waals surface area contributed by atoms with Crippen LogP contribution >= 0.6 is 11.6 Å². The molecule has 3 nitrogen and oxygen atoms in total. The highest BCUT2D eigenvalue weighted by Crippen LogP contribution is 2.23. The van der Waals surface area contributed by atoms with Gasteiger partial charge in [0.2, 0.25) is 0 Å². The van der Waals surface area contributed by atoms with Gasteiger partial charge in [-0.1, -0.05) is 55.8 Å². The number of aliphatic hydroxyl groups excluding tert-OH is 1. The van der Waals surface area contributed by atoms with E-state index in [1.165, 1.54) is 44.9 Å². The minimum atomic E-state index is -0.508. The van der Waals surface area contributed by atoms with Gasteiger partial charge < -0.3 is 15.2 Å². The lowest BCUT2D eigenvalue weighted by atomic mass is 9.96. The summed E-state index contributed by atoms with van der Waals surface area (Å²) < 4.78 is 5.56. The predicted molar refractivity (Wildman–Crippen MR) is 87.1 cm³/mol. The zero-order valence-corrected chi connectivity index (χ0v) is 13.3. The van der Waals surface area contributed by atoms with Gasteiger partial charge in [-0.3, -0.25) is 0 Å². The van der Waals surface area contributed by atoms with Crippen molar-refractivity contribution >= 4 is 11.6 Å². The Bertz CT molecular complexity index is 406. The van der Waals surface area contributed by atoms with Crippen molar-refractivity contribution in [3.63, 3.8) is 0 Å². The minimum Gasteiger partial charge on any atom is -0.489 e. The summed E-state index contributed by atoms with van der Waals surface area (Å²) in [4.78, 5) is 0. The van der Waals surface area contributed by atoms with Crippen LogP contribution in [-0.2, 0) is 0 Å². The van der Waals surface area contributed by atoms with Gasteiger partial charge >= 0.3 is 0 Å². The van der Waals surface area contributed by atoms with Crippen LogP contribution < -0.4 is 10.1 Å². The van der Waals surface area contributed by atoms with Crippen molar-refractivity contribution in [1.29, 1.82) is 0 Å². The molecule has 0 aliphatic heterocycles. The van der Waals surface area contributed by atoms with Crippen LogP contribution in [0.1, 0.15) is 44.9 Å². The van der Waals surface area contributed by atoms with E-state index in [0.29, 0.717) is 23.4 Å². The molecule has 0 amide bonds. The van der Waals surface area contributed by atoms with Gasteiger partial charge in [0.25, 0.3) is 0 Å². The molecule has 1 saturated carbocycles. The van der Waals surface area contributed by atoms with Gasteiger partial charge in [0, 0.05) is 12.6 Å². The normalized spacial score (nSPS) is 18.8. The zero-order chi connectivity index (χ0) is 14.9. The molecule has 1 fully saturated rings. The van der Waals surface area contributed by atoms with Gasteiger partial charge in [0.05, 0.1) is 5.02 Å². The topological polar surface area (TPSA) is 41.5 Å². The van der Waals surface area contributed by atoms with Crippen molar-refractivity contribution in [3.05, 3.63) is 29.3 Å². The van der Waals surface area contributed by atoms with Crippen LogP contribution in [0.5, 0.6) is 5.75 Å². The third kappa shape index (κ3) is 6.25. The van der Waals surface area contributed by atoms with E-state index in [1.807, 2.05) is 18.2 Å². The molecule has 0 spiro atoms. The summed E-state index contributed by atoms with van der Waals surface area (Å²) in [5.41, 5.74) is 0. The van der Waals surface area contributed by atoms with E-state index in [2.05, 4.69) is 5.32 Å². The molecule has 0 heterocycles. The number of aliphatic hydroxyl groups is 1. The number of halogens is 1. The summed E-state index contributed by atoms with van der Waals surface area (Å²) in [6.45, 7) is 0.846. The lowest BCUT2D eigenvalue weighted by molar-refractivity contribution is 0.102. The van der Waals surface area contributed by atoms with E-state index in [-0.39, 0.29) is 6.61 Å². The smallest absolute Gasteiger partial charge is 0.138 e. The molecule has 1 aromatic rings. The second kappa shape index (κ2) is 9.29. The van der Waals surface area contributed by atoms with Crippen LogP contribution in [0.2, 0.25) is 5.02 Å². The molecule has 0 saturated heterocycles. The summed E-state index contributed by atoms with van der Waals surface area (Å²) >= 11 is 6.02. The Morgan fingerprint density at radius 3 is 2.52 bits per heavy atom. The van der Waals surface area contributed by atoms with E-state index < -0.39 is 6.10 Å². The Morgan fingerprint density at radius 2 is 1.81 bits per heavy atom. The first kappa shape index (κ1) is 16.6. The SMILES string of the molecule is OC(CNC1CCCCCCC1)COc1ccccc1Cl. The van der Waals surface area contributed by atoms with Crippen LogP contribution in [0.25, 0.3) is 0 Å². The Hall–Kier alpha value is -0.770. The highest BCUT2D eigenvalue weighted by atomic mass is 35.5. The second-order valence-corrected chi connectivity index (χ2v) is 6.25. The maximum absolute atomic E-state index is 10.0. The minimum absolute atomic E-state index is 0.267. The fourth-order valence-electron chi connectivity index (χ4n) is 2.77. The van der Waals surface area contributed by atoms with Crippen molar-refractivity contribution in [2.75, 3.05) is 13.2 Å². The van der Waals surface area contributed by atoms with Gasteiger partial charge in [-0.15, -0.1) is 0 Å². The van der Waals surface area contributed by atoms with E-state index >= 15 is 0 Å². The fraction of sp³-hybridized carbons (Fsp3) is 0.647. The van der Waals surface area contributed by atoms with Crippen molar-refractivity contribution < 1.29 is 9.84 Å². The number of benzene rings is 1. The predicted octanol–water partition coefficient (Wildman–Crippen LogP) is 3.78. The Labute approximate surface area is 132 Å². The number of nitrogens with one attached hydrogen (secondary N) is 1. The number of hydrogen-bond donors (Lipinski definition) is 2. The van der Waals surface area contributed by atoms with Gasteiger partial charge in [0.1, 0.15) is 18.5 Å². The lowest BCUT2D eigenvalue weighted by Gasteiger charge is -2.22. The summed E-state index contributed by atoms with van der Waals surface area (Å²) in [5, 5.41) is 14.1. The molecule has 4 heteroatoms. The van der Waals surface area contributed by atoms with Gasteiger partial charge in [-0.25, -0.2) is 0 Å². The fourth-order valence-corrected chi connectivity index (χ4v) is 2.96. The summed E-state index contributed by atoms with van der Waals surface area (Å²) in [5.74, 6) is 0.629. The van der Waals surface area contributed by atoms with Crippen molar-refractivity contribution in [3.8, 4) is 5.75 Å². The molecule has 21 heavy (non-hydrogen) atoms. The monoisotopic (exact) mass is 311 g/mol. The number of hydrogen-bond acceptors (Lipinski definition) is 3. The maximum Gasteiger partial charge on any atom is 0.138 e. The summed E-state index contributed by atoms with van der Waals surface area (Å²) in [7, 11) is 0. The third-order valence-electron chi connectivity index (χ3n) is 4.02. The van der Waals surface area contributed by atoms with Crippen LogP contribution in [0.4, 0.5) is 0 Å². The molecule has 1 unspecified atom stereocenters. The molecule has 2 rings (SSSR count). The van der Waals surface area contributed by atoms with Gasteiger partial charge in [-0.05, 0) is 25.0 Å². The molecule has 2 N–H and O–H groups in total. The Kier molecular flexibility index (Phi) is 7.34. The first-order chi connectivity index (χ1) is 10.3. The highest BCUT2D eigenvalue weighted by Gasteiger charge is 2.13. The Morgan fingerprint density at radius 1 is 1.14 bits per heavy atom. The van der Waals surface area contributed by atoms with E-state index in [0.717, 1.165) is 0 Å². The molecule has 0 radical (unpaired) electrons. The first-order valence-corrected chi connectivity index (χ1v) is 8.42. The Balaban J connectivity index is 1.67. The number of ether oxygens (including phenoxy) is 1. The number of rotatable bonds is 6. The van der Waals surface area contributed by atoms with Crippen molar-refractivity contribution in [2.24, 2.45) is 0 Å². The molecule has 1 aromatic carbocycles. The average molecular weight is 312 g/mol.